The van der Waals surface area contributed by atoms with Gasteiger partial charge in [-0.25, -0.2) is 0 Å². The Labute approximate surface area is 190 Å². The molecular formula is C24H46O4SiSn. The van der Waals surface area contributed by atoms with E-state index in [1.165, 1.54) is 15.2 Å². The van der Waals surface area contributed by atoms with Crippen molar-refractivity contribution in [2.75, 3.05) is 20.0 Å². The first-order chi connectivity index (χ1) is 13.8. The van der Waals surface area contributed by atoms with E-state index in [4.69, 9.17) is 14.2 Å². The van der Waals surface area contributed by atoms with E-state index in [1.807, 2.05) is 0 Å². The molecule has 0 unspecified atom stereocenters. The number of esters is 1. The first-order valence-electron chi connectivity index (χ1n) is 11.5. The predicted octanol–water partition coefficient (Wildman–Crippen LogP) is 6.43. The maximum atomic E-state index is 12.3. The summed E-state index contributed by atoms with van der Waals surface area (Å²) >= 11 is -2.27. The van der Waals surface area contributed by atoms with Crippen molar-refractivity contribution in [1.29, 1.82) is 0 Å². The zero-order valence-electron chi connectivity index (χ0n) is 20.8. The summed E-state index contributed by atoms with van der Waals surface area (Å²) in [6.45, 7) is 17.5. The molecule has 0 aliphatic carbocycles. The molecule has 1 heterocycles. The van der Waals surface area contributed by atoms with Crippen LogP contribution in [0.2, 0.25) is 40.5 Å². The van der Waals surface area contributed by atoms with Crippen molar-refractivity contribution >= 4 is 32.4 Å². The second kappa shape index (κ2) is 12.8. The van der Waals surface area contributed by atoms with E-state index in [9.17, 15) is 4.79 Å². The van der Waals surface area contributed by atoms with Gasteiger partial charge in [0.25, 0.3) is 0 Å². The normalized spacial score (nSPS) is 21.6. The van der Waals surface area contributed by atoms with Crippen LogP contribution in [0.4, 0.5) is 0 Å². The number of cyclic esters (lactones) is 1. The SMILES string of the molecule is C=[C]([C@H]1C[C@H](C[C@H](C)CC/C=C(\C)COCOCC[Si](C)(C)C)OC1=O)[Sn]([CH3])([CH3])[CH3]. The van der Waals surface area contributed by atoms with Crippen molar-refractivity contribution in [2.24, 2.45) is 11.8 Å². The summed E-state index contributed by atoms with van der Waals surface area (Å²) in [5.41, 5.74) is 1.25. The minimum absolute atomic E-state index is 0.0382. The van der Waals surface area contributed by atoms with Crippen LogP contribution in [-0.2, 0) is 19.0 Å². The number of hydrogen-bond donors (Lipinski definition) is 0. The van der Waals surface area contributed by atoms with Gasteiger partial charge in [-0.1, -0.05) is 19.6 Å². The first-order valence-corrected chi connectivity index (χ1v) is 25.2. The molecule has 0 bridgehead atoms. The van der Waals surface area contributed by atoms with Crippen LogP contribution in [0.15, 0.2) is 21.8 Å². The summed E-state index contributed by atoms with van der Waals surface area (Å²) in [6, 6.07) is 1.17. The predicted molar refractivity (Wildman–Crippen MR) is 132 cm³/mol. The molecule has 1 saturated heterocycles. The monoisotopic (exact) mass is 546 g/mol. The van der Waals surface area contributed by atoms with Crippen molar-refractivity contribution in [2.45, 2.75) is 86.1 Å². The van der Waals surface area contributed by atoms with Crippen molar-refractivity contribution in [3.05, 3.63) is 21.8 Å². The molecule has 0 amide bonds. The Morgan fingerprint density at radius 1 is 1.30 bits per heavy atom. The molecule has 0 radical (unpaired) electrons. The molecule has 6 heteroatoms. The van der Waals surface area contributed by atoms with E-state index < -0.39 is 26.5 Å². The van der Waals surface area contributed by atoms with Gasteiger partial charge in [0.2, 0.25) is 0 Å². The van der Waals surface area contributed by atoms with Crippen molar-refractivity contribution in [3.8, 4) is 0 Å². The van der Waals surface area contributed by atoms with Crippen LogP contribution >= 0.6 is 0 Å². The van der Waals surface area contributed by atoms with E-state index in [-0.39, 0.29) is 18.0 Å². The van der Waals surface area contributed by atoms with Gasteiger partial charge in [0.05, 0.1) is 0 Å². The fraction of sp³-hybridized carbons (Fsp3) is 0.792. The molecule has 0 saturated carbocycles. The Bertz CT molecular complexity index is 589. The summed E-state index contributed by atoms with van der Waals surface area (Å²) in [6.07, 6.45) is 6.23. The third kappa shape index (κ3) is 11.5. The van der Waals surface area contributed by atoms with Crippen LogP contribution < -0.4 is 0 Å². The van der Waals surface area contributed by atoms with Crippen LogP contribution in [0.1, 0.15) is 39.5 Å². The second-order valence-electron chi connectivity index (χ2n) is 11.3. The van der Waals surface area contributed by atoms with Gasteiger partial charge in [-0.15, -0.1) is 0 Å². The van der Waals surface area contributed by atoms with E-state index in [1.54, 1.807) is 0 Å². The van der Waals surface area contributed by atoms with Crippen LogP contribution in [0, 0.1) is 11.8 Å². The number of allylic oxidation sites excluding steroid dienone is 1. The van der Waals surface area contributed by atoms with Gasteiger partial charge in [-0.05, 0) is 6.04 Å². The van der Waals surface area contributed by atoms with E-state index in [2.05, 4.69) is 61.0 Å². The van der Waals surface area contributed by atoms with Gasteiger partial charge in [-0.3, -0.25) is 0 Å². The van der Waals surface area contributed by atoms with E-state index in [0.717, 1.165) is 32.3 Å². The quantitative estimate of drug-likeness (QED) is 0.0830. The second-order valence-corrected chi connectivity index (χ2v) is 31.6. The third-order valence-corrected chi connectivity index (χ3v) is 14.0. The van der Waals surface area contributed by atoms with Crippen LogP contribution in [0.5, 0.6) is 0 Å². The standard InChI is InChI=1S/C21H37O4Si.3CH3.Sn/c1-7-19-14-20(25-21(19)22)13-17(2)9-8-10-18(3)15-24-16-23-11-12-26(4,5)6;;;;/h10,17,19-20H,1,8-9,11-16H2,2-6H3;3*1H3;/b18-10+;;;;/t17-,19+,20+;;;;/m1..../s1. The molecule has 0 spiro atoms. The molecule has 3 atom stereocenters. The Morgan fingerprint density at radius 3 is 2.57 bits per heavy atom. The Kier molecular flexibility index (Phi) is 11.9. The van der Waals surface area contributed by atoms with Crippen LogP contribution in [0.3, 0.4) is 0 Å². The van der Waals surface area contributed by atoms with Gasteiger partial charge in [-0.2, -0.15) is 0 Å². The number of ether oxygens (including phenoxy) is 3. The van der Waals surface area contributed by atoms with E-state index in [0.29, 0.717) is 19.3 Å². The Hall–Kier alpha value is -0.114. The number of carbonyl (C=O) groups excluding carboxylic acids is 1. The van der Waals surface area contributed by atoms with Crippen LogP contribution in [0.25, 0.3) is 0 Å². The fourth-order valence-electron chi connectivity index (χ4n) is 3.54. The van der Waals surface area contributed by atoms with Gasteiger partial charge in [0.15, 0.2) is 0 Å². The molecule has 0 aromatic rings. The topological polar surface area (TPSA) is 44.8 Å². The average molecular weight is 545 g/mol. The van der Waals surface area contributed by atoms with Gasteiger partial charge in [0.1, 0.15) is 6.79 Å². The van der Waals surface area contributed by atoms with Crippen molar-refractivity contribution in [3.63, 3.8) is 0 Å². The number of hydrogen-bond acceptors (Lipinski definition) is 4. The molecular weight excluding hydrogens is 499 g/mol. The molecule has 1 aliphatic heterocycles. The molecule has 174 valence electrons. The summed E-state index contributed by atoms with van der Waals surface area (Å²) in [5, 5.41) is 0. The molecule has 0 aromatic carbocycles. The van der Waals surface area contributed by atoms with Crippen LogP contribution in [-0.4, -0.2) is 58.5 Å². The summed E-state index contributed by atoms with van der Waals surface area (Å²) in [7, 11) is -1.02. The third-order valence-electron chi connectivity index (χ3n) is 5.76. The van der Waals surface area contributed by atoms with E-state index >= 15 is 0 Å². The number of carbonyl (C=O) groups is 1. The average Bonchev–Trinajstić information content (AvgIpc) is 2.95. The Morgan fingerprint density at radius 2 is 1.97 bits per heavy atom. The minimum atomic E-state index is -2.27. The van der Waals surface area contributed by atoms with Gasteiger partial charge >= 0.3 is 139 Å². The molecule has 1 fully saturated rings. The summed E-state index contributed by atoms with van der Waals surface area (Å²) in [5.74, 6) is 0.442. The fourth-order valence-corrected chi connectivity index (χ4v) is 7.96. The molecule has 1 aliphatic rings. The van der Waals surface area contributed by atoms with Crippen molar-refractivity contribution in [1.82, 2.24) is 0 Å². The molecule has 30 heavy (non-hydrogen) atoms. The van der Waals surface area contributed by atoms with Gasteiger partial charge in [0, 0.05) is 14.7 Å². The van der Waals surface area contributed by atoms with Gasteiger partial charge < -0.3 is 4.74 Å². The zero-order chi connectivity index (χ0) is 22.9. The molecule has 0 N–H and O–H groups in total. The first kappa shape index (κ1) is 27.9. The summed E-state index contributed by atoms with van der Waals surface area (Å²) < 4.78 is 18.1. The molecule has 4 nitrogen and oxygen atoms in total. The molecule has 0 aromatic heterocycles. The Balaban J connectivity index is 2.23. The zero-order valence-corrected chi connectivity index (χ0v) is 24.7. The maximum absolute atomic E-state index is 12.3. The summed E-state index contributed by atoms with van der Waals surface area (Å²) in [4.78, 5) is 19.2. The van der Waals surface area contributed by atoms with Crippen molar-refractivity contribution < 1.29 is 19.0 Å². The molecule has 1 rings (SSSR count). The number of rotatable bonds is 14.